The Morgan fingerprint density at radius 1 is 1.53 bits per heavy atom. The predicted octanol–water partition coefficient (Wildman–Crippen LogP) is 0.907. The van der Waals surface area contributed by atoms with E-state index >= 15 is 0 Å². The molecule has 1 heterocycles. The summed E-state index contributed by atoms with van der Waals surface area (Å²) in [7, 11) is 0. The molecule has 1 amide bonds. The topological polar surface area (TPSA) is 80.3 Å². The second kappa shape index (κ2) is 5.23. The fourth-order valence-corrected chi connectivity index (χ4v) is 1.87. The molecule has 0 spiro atoms. The molecule has 0 radical (unpaired) electrons. The highest BCUT2D eigenvalue weighted by molar-refractivity contribution is 5.93. The van der Waals surface area contributed by atoms with Gasteiger partial charge in [0.15, 0.2) is 0 Å². The summed E-state index contributed by atoms with van der Waals surface area (Å²) in [4.78, 5) is 11.9. The molecule has 1 aliphatic carbocycles. The van der Waals surface area contributed by atoms with Crippen LogP contribution in [-0.2, 0) is 0 Å². The van der Waals surface area contributed by atoms with Crippen molar-refractivity contribution in [3.63, 3.8) is 0 Å². The van der Waals surface area contributed by atoms with Crippen molar-refractivity contribution in [2.75, 3.05) is 18.9 Å². The Kier molecular flexibility index (Phi) is 3.68. The van der Waals surface area contributed by atoms with Gasteiger partial charge in [0.1, 0.15) is 5.69 Å². The quantitative estimate of drug-likeness (QED) is 0.643. The first kappa shape index (κ1) is 12.0. The van der Waals surface area contributed by atoms with E-state index in [9.17, 15) is 4.79 Å². The van der Waals surface area contributed by atoms with Crippen LogP contribution in [0.15, 0.2) is 12.3 Å². The lowest BCUT2D eigenvalue weighted by Crippen LogP contribution is -2.26. The van der Waals surface area contributed by atoms with Crippen molar-refractivity contribution in [3.05, 3.63) is 18.0 Å². The molecule has 1 aliphatic rings. The summed E-state index contributed by atoms with van der Waals surface area (Å²) >= 11 is 0. The third-order valence-electron chi connectivity index (χ3n) is 2.91. The number of aliphatic hydroxyl groups excluding tert-OH is 1. The molecular weight excluding hydrogens is 218 g/mol. The molecule has 0 saturated heterocycles. The Labute approximate surface area is 101 Å². The number of carbonyl (C=O) groups is 1. The van der Waals surface area contributed by atoms with E-state index in [4.69, 9.17) is 10.8 Å². The molecule has 1 aromatic rings. The second-order valence-electron chi connectivity index (χ2n) is 4.48. The third-order valence-corrected chi connectivity index (χ3v) is 2.91. The van der Waals surface area contributed by atoms with Gasteiger partial charge in [0.2, 0.25) is 0 Å². The molecule has 94 valence electrons. The van der Waals surface area contributed by atoms with E-state index in [0.29, 0.717) is 30.4 Å². The van der Waals surface area contributed by atoms with Crippen LogP contribution in [0.1, 0.15) is 42.2 Å². The maximum Gasteiger partial charge on any atom is 0.267 e. The zero-order chi connectivity index (χ0) is 12.3. The number of anilines is 1. The van der Waals surface area contributed by atoms with E-state index < -0.39 is 0 Å². The normalized spacial score (nSPS) is 14.9. The minimum atomic E-state index is -0.0773. The Morgan fingerprint density at radius 2 is 2.29 bits per heavy atom. The highest BCUT2D eigenvalue weighted by atomic mass is 16.2. The molecule has 5 nitrogen and oxygen atoms in total. The minimum Gasteiger partial charge on any atom is -0.397 e. The maximum absolute atomic E-state index is 11.9. The van der Waals surface area contributed by atoms with Crippen molar-refractivity contribution in [2.45, 2.75) is 31.7 Å². The molecule has 0 bridgehead atoms. The molecule has 5 heteroatoms. The van der Waals surface area contributed by atoms with E-state index in [1.165, 1.54) is 0 Å². The highest BCUT2D eigenvalue weighted by Crippen LogP contribution is 2.37. The SMILES string of the molecule is Nc1cc(C(=O)NCCCCO)n(C2CC2)c1. The van der Waals surface area contributed by atoms with Crippen molar-refractivity contribution in [2.24, 2.45) is 0 Å². The molecular formula is C12H19N3O2. The van der Waals surface area contributed by atoms with Gasteiger partial charge in [-0.2, -0.15) is 0 Å². The lowest BCUT2D eigenvalue weighted by molar-refractivity contribution is 0.0942. The van der Waals surface area contributed by atoms with Crippen LogP contribution in [0.3, 0.4) is 0 Å². The van der Waals surface area contributed by atoms with Crippen LogP contribution in [0.4, 0.5) is 5.69 Å². The van der Waals surface area contributed by atoms with Gasteiger partial charge in [-0.15, -0.1) is 0 Å². The number of nitrogens with one attached hydrogen (secondary N) is 1. The molecule has 4 N–H and O–H groups in total. The number of aromatic nitrogens is 1. The number of nitrogens with two attached hydrogens (primary N) is 1. The Hall–Kier alpha value is -1.49. The Bertz CT molecular complexity index is 396. The number of aliphatic hydroxyl groups is 1. The van der Waals surface area contributed by atoms with Gasteiger partial charge in [-0.25, -0.2) is 0 Å². The summed E-state index contributed by atoms with van der Waals surface area (Å²) < 4.78 is 1.97. The lowest BCUT2D eigenvalue weighted by Gasteiger charge is -2.08. The summed E-state index contributed by atoms with van der Waals surface area (Å²) in [5.74, 6) is -0.0773. The molecule has 0 aromatic carbocycles. The van der Waals surface area contributed by atoms with Crippen LogP contribution in [0, 0.1) is 0 Å². The number of amides is 1. The van der Waals surface area contributed by atoms with E-state index in [2.05, 4.69) is 5.32 Å². The van der Waals surface area contributed by atoms with Gasteiger partial charge in [-0.3, -0.25) is 4.79 Å². The monoisotopic (exact) mass is 237 g/mol. The van der Waals surface area contributed by atoms with Crippen molar-refractivity contribution in [1.29, 1.82) is 0 Å². The molecule has 1 fully saturated rings. The summed E-state index contributed by atoms with van der Waals surface area (Å²) in [6.07, 6.45) is 5.59. The number of nitrogens with zero attached hydrogens (tertiary/aromatic N) is 1. The minimum absolute atomic E-state index is 0.0773. The number of hydrogen-bond acceptors (Lipinski definition) is 3. The van der Waals surface area contributed by atoms with Crippen molar-refractivity contribution < 1.29 is 9.90 Å². The average Bonchev–Trinajstić information content (AvgIpc) is 3.08. The zero-order valence-corrected chi connectivity index (χ0v) is 9.85. The van der Waals surface area contributed by atoms with Crippen LogP contribution in [-0.4, -0.2) is 28.7 Å². The van der Waals surface area contributed by atoms with Gasteiger partial charge < -0.3 is 20.7 Å². The van der Waals surface area contributed by atoms with E-state index in [-0.39, 0.29) is 12.5 Å². The van der Waals surface area contributed by atoms with E-state index in [1.54, 1.807) is 6.07 Å². The first-order valence-corrected chi connectivity index (χ1v) is 6.09. The summed E-state index contributed by atoms with van der Waals surface area (Å²) in [6, 6.07) is 2.17. The van der Waals surface area contributed by atoms with Crippen LogP contribution in [0.25, 0.3) is 0 Å². The van der Waals surface area contributed by atoms with Gasteiger partial charge in [-0.1, -0.05) is 0 Å². The van der Waals surface area contributed by atoms with Crippen LogP contribution in [0.2, 0.25) is 0 Å². The Balaban J connectivity index is 1.93. The van der Waals surface area contributed by atoms with Crippen molar-refractivity contribution in [3.8, 4) is 0 Å². The average molecular weight is 237 g/mol. The summed E-state index contributed by atoms with van der Waals surface area (Å²) in [5.41, 5.74) is 7.01. The van der Waals surface area contributed by atoms with Crippen LogP contribution < -0.4 is 11.1 Å². The van der Waals surface area contributed by atoms with Gasteiger partial charge in [0, 0.05) is 25.4 Å². The number of rotatable bonds is 6. The van der Waals surface area contributed by atoms with Crippen molar-refractivity contribution >= 4 is 11.6 Å². The maximum atomic E-state index is 11.9. The predicted molar refractivity (Wildman–Crippen MR) is 65.8 cm³/mol. The highest BCUT2D eigenvalue weighted by Gasteiger charge is 2.27. The summed E-state index contributed by atoms with van der Waals surface area (Å²) in [5, 5.41) is 11.5. The molecule has 1 aromatic heterocycles. The Morgan fingerprint density at radius 3 is 2.94 bits per heavy atom. The zero-order valence-electron chi connectivity index (χ0n) is 9.85. The molecule has 2 rings (SSSR count). The standard InChI is InChI=1S/C12H19N3O2/c13-9-7-11(15(8-9)10-3-4-10)12(17)14-5-1-2-6-16/h7-8,10,16H,1-6,13H2,(H,14,17). The number of hydrogen-bond donors (Lipinski definition) is 3. The lowest BCUT2D eigenvalue weighted by atomic mass is 10.3. The largest absolute Gasteiger partial charge is 0.397 e. The second-order valence-corrected chi connectivity index (χ2v) is 4.48. The van der Waals surface area contributed by atoms with Crippen LogP contribution >= 0.6 is 0 Å². The van der Waals surface area contributed by atoms with Gasteiger partial charge in [0.05, 0.1) is 5.69 Å². The first-order chi connectivity index (χ1) is 8.22. The fourth-order valence-electron chi connectivity index (χ4n) is 1.87. The number of nitrogen functional groups attached to an aromatic ring is 1. The number of unbranched alkanes of at least 4 members (excludes halogenated alkanes) is 1. The molecule has 17 heavy (non-hydrogen) atoms. The van der Waals surface area contributed by atoms with Crippen LogP contribution in [0.5, 0.6) is 0 Å². The first-order valence-electron chi connectivity index (χ1n) is 6.09. The van der Waals surface area contributed by atoms with Gasteiger partial charge in [0.25, 0.3) is 5.91 Å². The van der Waals surface area contributed by atoms with E-state index in [0.717, 1.165) is 19.3 Å². The molecule has 1 saturated carbocycles. The molecule has 0 unspecified atom stereocenters. The van der Waals surface area contributed by atoms with Gasteiger partial charge in [-0.05, 0) is 31.7 Å². The van der Waals surface area contributed by atoms with Gasteiger partial charge >= 0.3 is 0 Å². The number of carbonyl (C=O) groups excluding carboxylic acids is 1. The third kappa shape index (κ3) is 3.00. The summed E-state index contributed by atoms with van der Waals surface area (Å²) in [6.45, 7) is 0.760. The molecule has 0 aliphatic heterocycles. The van der Waals surface area contributed by atoms with E-state index in [1.807, 2.05) is 10.8 Å². The molecule has 0 atom stereocenters. The fraction of sp³-hybridized carbons (Fsp3) is 0.583. The smallest absolute Gasteiger partial charge is 0.267 e. The van der Waals surface area contributed by atoms with Crippen molar-refractivity contribution in [1.82, 2.24) is 9.88 Å².